The van der Waals surface area contributed by atoms with Crippen LogP contribution in [0.3, 0.4) is 0 Å². The van der Waals surface area contributed by atoms with Gasteiger partial charge in [0.15, 0.2) is 5.67 Å². The van der Waals surface area contributed by atoms with E-state index in [9.17, 15) is 14.0 Å². The van der Waals surface area contributed by atoms with Crippen LogP contribution in [0.15, 0.2) is 0 Å². The minimum absolute atomic E-state index is 0.0265. The Morgan fingerprint density at radius 3 is 2.65 bits per heavy atom. The molecule has 3 aliphatic rings. The summed E-state index contributed by atoms with van der Waals surface area (Å²) >= 11 is 0. The van der Waals surface area contributed by atoms with Gasteiger partial charge in [0, 0.05) is 27.2 Å². The molecule has 3 fully saturated rings. The molecule has 0 radical (unpaired) electrons. The molecule has 2 amide bonds. The van der Waals surface area contributed by atoms with Gasteiger partial charge in [0.25, 0.3) is 11.8 Å². The Balaban J connectivity index is 1.61. The van der Waals surface area contributed by atoms with Gasteiger partial charge in [-0.05, 0) is 31.6 Å². The van der Waals surface area contributed by atoms with Gasteiger partial charge in [-0.1, -0.05) is 0 Å². The van der Waals surface area contributed by atoms with Gasteiger partial charge in [-0.2, -0.15) is 0 Å². The van der Waals surface area contributed by atoms with E-state index in [1.165, 1.54) is 4.90 Å². The van der Waals surface area contributed by atoms with E-state index in [-0.39, 0.29) is 17.9 Å². The van der Waals surface area contributed by atoms with Crippen molar-refractivity contribution in [2.75, 3.05) is 27.2 Å². The van der Waals surface area contributed by atoms with E-state index in [0.29, 0.717) is 38.3 Å². The number of ether oxygens (including phenoxy) is 1. The van der Waals surface area contributed by atoms with Crippen LogP contribution in [-0.4, -0.2) is 66.7 Å². The van der Waals surface area contributed by atoms with Crippen LogP contribution >= 0.6 is 0 Å². The molecule has 6 heteroatoms. The van der Waals surface area contributed by atoms with Gasteiger partial charge in [0.05, 0.1) is 6.10 Å². The number of nitrogens with zero attached hydrogens (tertiary/aromatic N) is 2. The summed E-state index contributed by atoms with van der Waals surface area (Å²) in [6, 6.07) is 0. The third kappa shape index (κ3) is 2.30. The summed E-state index contributed by atoms with van der Waals surface area (Å²) in [7, 11) is 3.42. The zero-order chi connectivity index (χ0) is 14.5. The Morgan fingerprint density at radius 2 is 2.05 bits per heavy atom. The number of hydrogen-bond donors (Lipinski definition) is 0. The maximum Gasteiger partial charge on any atom is 0.260 e. The van der Waals surface area contributed by atoms with Gasteiger partial charge < -0.3 is 14.5 Å². The minimum Gasteiger partial charge on any atom is -0.363 e. The normalized spacial score (nSPS) is 34.5. The molecule has 1 saturated carbocycles. The molecule has 0 unspecified atom stereocenters. The van der Waals surface area contributed by atoms with Crippen LogP contribution in [0.1, 0.15) is 25.7 Å². The van der Waals surface area contributed by atoms with Crippen LogP contribution in [0, 0.1) is 5.92 Å². The Bertz CT molecular complexity index is 436. The lowest BCUT2D eigenvalue weighted by molar-refractivity contribution is -0.145. The number of fused-ring (bicyclic) bond motifs is 1. The number of carbonyl (C=O) groups excluding carboxylic acids is 2. The molecular weight excluding hydrogens is 263 g/mol. The second-order valence-electron chi connectivity index (χ2n) is 6.40. The molecule has 2 aliphatic heterocycles. The molecule has 2 heterocycles. The van der Waals surface area contributed by atoms with Crippen LogP contribution in [0.2, 0.25) is 0 Å². The van der Waals surface area contributed by atoms with Crippen molar-refractivity contribution in [2.24, 2.45) is 5.92 Å². The molecule has 1 aliphatic carbocycles. The van der Waals surface area contributed by atoms with Gasteiger partial charge in [0.1, 0.15) is 6.10 Å². The molecule has 3 atom stereocenters. The highest BCUT2D eigenvalue weighted by molar-refractivity contribution is 5.88. The van der Waals surface area contributed by atoms with Crippen molar-refractivity contribution in [3.8, 4) is 0 Å². The first-order valence-corrected chi connectivity index (χ1v) is 7.25. The summed E-state index contributed by atoms with van der Waals surface area (Å²) in [4.78, 5) is 27.1. The minimum atomic E-state index is -1.61. The molecule has 0 spiro atoms. The summed E-state index contributed by atoms with van der Waals surface area (Å²) in [6.07, 6.45) is 1.67. The van der Waals surface area contributed by atoms with Crippen LogP contribution in [0.25, 0.3) is 0 Å². The highest BCUT2D eigenvalue weighted by Crippen LogP contribution is 2.43. The van der Waals surface area contributed by atoms with Crippen LogP contribution in [0.4, 0.5) is 4.39 Å². The van der Waals surface area contributed by atoms with Crippen LogP contribution < -0.4 is 0 Å². The maximum absolute atomic E-state index is 13.8. The highest BCUT2D eigenvalue weighted by atomic mass is 19.1. The molecule has 2 saturated heterocycles. The van der Waals surface area contributed by atoms with Gasteiger partial charge in [-0.25, -0.2) is 4.39 Å². The summed E-state index contributed by atoms with van der Waals surface area (Å²) in [5.41, 5.74) is -1.61. The van der Waals surface area contributed by atoms with Gasteiger partial charge >= 0.3 is 0 Å². The van der Waals surface area contributed by atoms with E-state index in [1.807, 2.05) is 0 Å². The first kappa shape index (κ1) is 13.8. The Kier molecular flexibility index (Phi) is 3.23. The standard InChI is InChI=1S/C14H21FN2O3/c1-16(2)12(18)10-7-9-3-6-17(8-11(9)20-10)13(19)14(15)4-5-14/h9-11H,3-8H2,1-2H3/t9-,10+,11-/m0/s1. The number of rotatable bonds is 2. The van der Waals surface area contributed by atoms with Gasteiger partial charge in [-0.15, -0.1) is 0 Å². The molecule has 3 rings (SSSR count). The molecule has 5 nitrogen and oxygen atoms in total. The maximum atomic E-state index is 13.8. The molecule has 112 valence electrons. The van der Waals surface area contributed by atoms with Crippen molar-refractivity contribution in [1.29, 1.82) is 0 Å². The van der Waals surface area contributed by atoms with Gasteiger partial charge in [-0.3, -0.25) is 9.59 Å². The second-order valence-corrected chi connectivity index (χ2v) is 6.40. The van der Waals surface area contributed by atoms with Crippen molar-refractivity contribution in [2.45, 2.75) is 43.6 Å². The average Bonchev–Trinajstić information content (AvgIpc) is 3.03. The SMILES string of the molecule is CN(C)C(=O)[C@H]1C[C@@H]2CCN(C(=O)C3(F)CC3)C[C@@H]2O1. The van der Waals surface area contributed by atoms with E-state index in [4.69, 9.17) is 4.74 Å². The van der Waals surface area contributed by atoms with Crippen molar-refractivity contribution in [3.63, 3.8) is 0 Å². The topological polar surface area (TPSA) is 49.9 Å². The lowest BCUT2D eigenvalue weighted by Gasteiger charge is -2.34. The third-order valence-electron chi connectivity index (χ3n) is 4.63. The van der Waals surface area contributed by atoms with Crippen molar-refractivity contribution >= 4 is 11.8 Å². The number of alkyl halides is 1. The Morgan fingerprint density at radius 1 is 1.35 bits per heavy atom. The zero-order valence-electron chi connectivity index (χ0n) is 12.0. The fourth-order valence-corrected chi connectivity index (χ4v) is 3.17. The van der Waals surface area contributed by atoms with Crippen molar-refractivity contribution in [1.82, 2.24) is 9.80 Å². The fourth-order valence-electron chi connectivity index (χ4n) is 3.17. The van der Waals surface area contributed by atoms with E-state index in [0.717, 1.165) is 6.42 Å². The fraction of sp³-hybridized carbons (Fsp3) is 0.857. The first-order chi connectivity index (χ1) is 9.40. The van der Waals surface area contributed by atoms with E-state index < -0.39 is 11.8 Å². The van der Waals surface area contributed by atoms with Crippen LogP contribution in [0.5, 0.6) is 0 Å². The number of likely N-dealkylation sites (N-methyl/N-ethyl adjacent to an activating group) is 1. The molecular formula is C14H21FN2O3. The molecule has 0 bridgehead atoms. The van der Waals surface area contributed by atoms with Crippen molar-refractivity contribution in [3.05, 3.63) is 0 Å². The first-order valence-electron chi connectivity index (χ1n) is 7.25. The summed E-state index contributed by atoms with van der Waals surface area (Å²) in [5, 5.41) is 0. The van der Waals surface area contributed by atoms with Gasteiger partial charge in [0.2, 0.25) is 0 Å². The number of halogens is 1. The monoisotopic (exact) mass is 284 g/mol. The Labute approximate surface area is 118 Å². The lowest BCUT2D eigenvalue weighted by Crippen LogP contribution is -2.48. The van der Waals surface area contributed by atoms with Crippen LogP contribution in [-0.2, 0) is 14.3 Å². The van der Waals surface area contributed by atoms with E-state index in [2.05, 4.69) is 0 Å². The lowest BCUT2D eigenvalue weighted by atomic mass is 9.91. The molecule has 20 heavy (non-hydrogen) atoms. The summed E-state index contributed by atoms with van der Waals surface area (Å²) < 4.78 is 19.6. The van der Waals surface area contributed by atoms with E-state index in [1.54, 1.807) is 19.0 Å². The molecule has 0 N–H and O–H groups in total. The third-order valence-corrected chi connectivity index (χ3v) is 4.63. The largest absolute Gasteiger partial charge is 0.363 e. The quantitative estimate of drug-likeness (QED) is 0.745. The predicted molar refractivity (Wildman–Crippen MR) is 69.7 cm³/mol. The number of piperidine rings is 1. The molecule has 0 aromatic heterocycles. The molecule has 0 aromatic rings. The highest BCUT2D eigenvalue weighted by Gasteiger charge is 2.54. The average molecular weight is 284 g/mol. The van der Waals surface area contributed by atoms with E-state index >= 15 is 0 Å². The summed E-state index contributed by atoms with van der Waals surface area (Å²) in [6.45, 7) is 1.00. The van der Waals surface area contributed by atoms with Crippen molar-refractivity contribution < 1.29 is 18.7 Å². The predicted octanol–water partition coefficient (Wildman–Crippen LogP) is 0.583. The smallest absolute Gasteiger partial charge is 0.260 e. The number of amides is 2. The number of hydrogen-bond acceptors (Lipinski definition) is 3. The Hall–Kier alpha value is -1.17. The zero-order valence-corrected chi connectivity index (χ0v) is 12.0. The molecule has 0 aromatic carbocycles. The number of carbonyl (C=O) groups is 2. The second kappa shape index (κ2) is 4.69. The number of likely N-dealkylation sites (tertiary alicyclic amines) is 1. The summed E-state index contributed by atoms with van der Waals surface area (Å²) in [5.74, 6) is -0.105.